The van der Waals surface area contributed by atoms with E-state index in [-0.39, 0.29) is 5.38 Å². The zero-order valence-electron chi connectivity index (χ0n) is 10.4. The summed E-state index contributed by atoms with van der Waals surface area (Å²) in [6.45, 7) is 5.05. The van der Waals surface area contributed by atoms with Crippen molar-refractivity contribution in [1.82, 2.24) is 9.55 Å². The maximum absolute atomic E-state index is 6.21. The normalized spacial score (nSPS) is 13.2. The van der Waals surface area contributed by atoms with Crippen molar-refractivity contribution < 1.29 is 0 Å². The van der Waals surface area contributed by atoms with E-state index in [1.54, 1.807) is 0 Å². The summed E-state index contributed by atoms with van der Waals surface area (Å²) in [4.78, 5) is 4.63. The lowest BCUT2D eigenvalue weighted by Crippen LogP contribution is -2.06. The highest BCUT2D eigenvalue weighted by Gasteiger charge is 2.14. The number of hydrogen-bond donors (Lipinski definition) is 0. The number of nitrogens with zero attached hydrogens (tertiary/aromatic N) is 2. The molecule has 1 aromatic carbocycles. The van der Waals surface area contributed by atoms with E-state index < -0.39 is 0 Å². The number of aromatic nitrogens is 2. The van der Waals surface area contributed by atoms with Gasteiger partial charge in [-0.15, -0.1) is 11.6 Å². The fourth-order valence-electron chi connectivity index (χ4n) is 1.97. The highest BCUT2D eigenvalue weighted by Crippen LogP contribution is 2.25. The van der Waals surface area contributed by atoms with Crippen molar-refractivity contribution >= 4 is 34.4 Å². The summed E-state index contributed by atoms with van der Waals surface area (Å²) in [5.41, 5.74) is 3.50. The van der Waals surface area contributed by atoms with Gasteiger partial charge in [0.25, 0.3) is 0 Å². The molecule has 0 bridgehead atoms. The Morgan fingerprint density at radius 3 is 2.88 bits per heavy atom. The topological polar surface area (TPSA) is 17.8 Å². The predicted molar refractivity (Wildman–Crippen MR) is 77.1 cm³/mol. The molecule has 0 spiro atoms. The summed E-state index contributed by atoms with van der Waals surface area (Å²) in [6.07, 6.45) is 2.12. The van der Waals surface area contributed by atoms with Gasteiger partial charge in [-0.3, -0.25) is 0 Å². The minimum atomic E-state index is -0.0513. The van der Waals surface area contributed by atoms with Crippen LogP contribution in [0.5, 0.6) is 0 Å². The standard InChI is InChI=1S/C13H17ClN2S/c1-9-4-5-11-12(8-9)16(6-7-17-3)13(15-11)10(2)14/h4-5,8,10H,6-7H2,1-3H3. The lowest BCUT2D eigenvalue weighted by molar-refractivity contribution is 0.724. The first-order valence-corrected chi connectivity index (χ1v) is 7.56. The molecule has 0 N–H and O–H groups in total. The van der Waals surface area contributed by atoms with Gasteiger partial charge in [0.05, 0.1) is 16.4 Å². The van der Waals surface area contributed by atoms with E-state index in [0.29, 0.717) is 0 Å². The van der Waals surface area contributed by atoms with Crippen molar-refractivity contribution in [2.45, 2.75) is 25.8 Å². The smallest absolute Gasteiger partial charge is 0.127 e. The van der Waals surface area contributed by atoms with Crippen molar-refractivity contribution in [3.63, 3.8) is 0 Å². The van der Waals surface area contributed by atoms with E-state index in [1.807, 2.05) is 18.7 Å². The number of imidazole rings is 1. The lowest BCUT2D eigenvalue weighted by Gasteiger charge is -2.09. The van der Waals surface area contributed by atoms with Gasteiger partial charge < -0.3 is 4.57 Å². The van der Waals surface area contributed by atoms with Gasteiger partial charge in [-0.25, -0.2) is 4.98 Å². The number of fused-ring (bicyclic) bond motifs is 1. The monoisotopic (exact) mass is 268 g/mol. The van der Waals surface area contributed by atoms with Crippen molar-refractivity contribution in [3.05, 3.63) is 29.6 Å². The molecule has 0 saturated carbocycles. The molecule has 1 heterocycles. The molecule has 2 rings (SSSR count). The predicted octanol–water partition coefficient (Wildman–Crippen LogP) is 4.01. The summed E-state index contributed by atoms with van der Waals surface area (Å²) in [5.74, 6) is 2.05. The number of rotatable bonds is 4. The Morgan fingerprint density at radius 2 is 2.24 bits per heavy atom. The molecule has 2 nitrogen and oxygen atoms in total. The molecule has 1 atom stereocenters. The maximum Gasteiger partial charge on any atom is 0.127 e. The van der Waals surface area contributed by atoms with Crippen LogP contribution in [-0.2, 0) is 6.54 Å². The molecule has 0 saturated heterocycles. The molecule has 2 aromatic rings. The van der Waals surface area contributed by atoms with Gasteiger partial charge in [0.2, 0.25) is 0 Å². The molecule has 0 fully saturated rings. The third kappa shape index (κ3) is 2.61. The molecule has 4 heteroatoms. The first-order valence-electron chi connectivity index (χ1n) is 5.73. The zero-order valence-corrected chi connectivity index (χ0v) is 12.0. The first-order chi connectivity index (χ1) is 8.13. The Hall–Kier alpha value is -0.670. The van der Waals surface area contributed by atoms with Gasteiger partial charge in [0.15, 0.2) is 0 Å². The van der Waals surface area contributed by atoms with Crippen LogP contribution in [0.1, 0.15) is 23.7 Å². The second-order valence-corrected chi connectivity index (χ2v) is 5.86. The number of aryl methyl sites for hydroxylation is 2. The second-order valence-electron chi connectivity index (χ2n) is 4.22. The van der Waals surface area contributed by atoms with Gasteiger partial charge >= 0.3 is 0 Å². The molecule has 92 valence electrons. The Kier molecular flexibility index (Phi) is 4.00. The Labute approximate surface area is 111 Å². The average Bonchev–Trinajstić information content (AvgIpc) is 2.64. The zero-order chi connectivity index (χ0) is 12.4. The number of hydrogen-bond acceptors (Lipinski definition) is 2. The largest absolute Gasteiger partial charge is 0.326 e. The first kappa shape index (κ1) is 12.8. The van der Waals surface area contributed by atoms with Crippen LogP contribution in [0, 0.1) is 6.92 Å². The molecule has 0 aliphatic carbocycles. The van der Waals surface area contributed by atoms with Gasteiger partial charge in [-0.2, -0.15) is 11.8 Å². The minimum Gasteiger partial charge on any atom is -0.326 e. The SMILES string of the molecule is CSCCn1c(C(C)Cl)nc2ccc(C)cc21. The molecule has 0 aliphatic heterocycles. The van der Waals surface area contributed by atoms with Crippen molar-refractivity contribution in [2.75, 3.05) is 12.0 Å². The van der Waals surface area contributed by atoms with Crippen LogP contribution in [0.3, 0.4) is 0 Å². The maximum atomic E-state index is 6.21. The van der Waals surface area contributed by atoms with Gasteiger partial charge in [0, 0.05) is 12.3 Å². The molecule has 0 radical (unpaired) electrons. The number of alkyl halides is 1. The van der Waals surface area contributed by atoms with E-state index >= 15 is 0 Å². The van der Waals surface area contributed by atoms with Crippen molar-refractivity contribution in [3.8, 4) is 0 Å². The van der Waals surface area contributed by atoms with Crippen LogP contribution in [0.2, 0.25) is 0 Å². The quantitative estimate of drug-likeness (QED) is 0.780. The number of halogens is 1. The van der Waals surface area contributed by atoms with Crippen LogP contribution in [-0.4, -0.2) is 21.6 Å². The third-order valence-corrected chi connectivity index (χ3v) is 3.59. The van der Waals surface area contributed by atoms with Gasteiger partial charge in [0.1, 0.15) is 5.82 Å². The highest BCUT2D eigenvalue weighted by atomic mass is 35.5. The molecule has 1 unspecified atom stereocenters. The van der Waals surface area contributed by atoms with Crippen LogP contribution < -0.4 is 0 Å². The Morgan fingerprint density at radius 1 is 1.47 bits per heavy atom. The number of benzene rings is 1. The minimum absolute atomic E-state index is 0.0513. The lowest BCUT2D eigenvalue weighted by atomic mass is 10.2. The van der Waals surface area contributed by atoms with Crippen LogP contribution >= 0.6 is 23.4 Å². The molecule has 17 heavy (non-hydrogen) atoms. The highest BCUT2D eigenvalue weighted by molar-refractivity contribution is 7.98. The summed E-state index contributed by atoms with van der Waals surface area (Å²) in [7, 11) is 0. The Balaban J connectivity index is 2.56. The average molecular weight is 269 g/mol. The van der Waals surface area contributed by atoms with Gasteiger partial charge in [-0.1, -0.05) is 6.07 Å². The van der Waals surface area contributed by atoms with E-state index in [2.05, 4.69) is 40.9 Å². The third-order valence-electron chi connectivity index (χ3n) is 2.81. The van der Waals surface area contributed by atoms with E-state index in [9.17, 15) is 0 Å². The summed E-state index contributed by atoms with van der Waals surface area (Å²) < 4.78 is 2.25. The number of thioether (sulfide) groups is 1. The van der Waals surface area contributed by atoms with Gasteiger partial charge in [-0.05, 0) is 37.8 Å². The molecular formula is C13H17ClN2S. The van der Waals surface area contributed by atoms with Crippen LogP contribution in [0.25, 0.3) is 11.0 Å². The summed E-state index contributed by atoms with van der Waals surface area (Å²) in [5, 5.41) is -0.0513. The van der Waals surface area contributed by atoms with E-state index in [0.717, 1.165) is 23.6 Å². The second kappa shape index (κ2) is 5.32. The van der Waals surface area contributed by atoms with E-state index in [1.165, 1.54) is 11.1 Å². The van der Waals surface area contributed by atoms with Crippen molar-refractivity contribution in [1.29, 1.82) is 0 Å². The summed E-state index contributed by atoms with van der Waals surface area (Å²) >= 11 is 8.05. The van der Waals surface area contributed by atoms with Crippen LogP contribution in [0.4, 0.5) is 0 Å². The molecule has 1 aromatic heterocycles. The van der Waals surface area contributed by atoms with Crippen molar-refractivity contribution in [2.24, 2.45) is 0 Å². The Bertz CT molecular complexity index is 519. The molecule has 0 amide bonds. The fourth-order valence-corrected chi connectivity index (χ4v) is 2.50. The summed E-state index contributed by atoms with van der Waals surface area (Å²) in [6, 6.07) is 6.35. The van der Waals surface area contributed by atoms with E-state index in [4.69, 9.17) is 11.6 Å². The molecule has 0 aliphatic rings. The molecular weight excluding hydrogens is 252 g/mol. The fraction of sp³-hybridized carbons (Fsp3) is 0.462. The van der Waals surface area contributed by atoms with Crippen LogP contribution in [0.15, 0.2) is 18.2 Å².